The standard InChI is InChI=1S/C25H28N4O3/c1-29(2)24-27-20-13-14-25(15-19(20)23(31)28-24,17-9-5-4-6-10-17)16-26-22(30)18-11-7-8-12-21(18)32-3/h4-12H,13-16H2,1-3H3,(H,26,30)(H,27,28,31). The van der Waals surface area contributed by atoms with Gasteiger partial charge in [0.25, 0.3) is 11.5 Å². The molecule has 0 spiro atoms. The third-order valence-electron chi connectivity index (χ3n) is 6.19. The van der Waals surface area contributed by atoms with Crippen molar-refractivity contribution < 1.29 is 9.53 Å². The first kappa shape index (κ1) is 21.6. The number of fused-ring (bicyclic) bond motifs is 1. The molecule has 0 saturated carbocycles. The summed E-state index contributed by atoms with van der Waals surface area (Å²) >= 11 is 0. The molecule has 0 radical (unpaired) electrons. The van der Waals surface area contributed by atoms with Gasteiger partial charge < -0.3 is 15.0 Å². The summed E-state index contributed by atoms with van der Waals surface area (Å²) in [5.74, 6) is 0.897. The zero-order chi connectivity index (χ0) is 22.7. The lowest BCUT2D eigenvalue weighted by atomic mass is 9.68. The van der Waals surface area contributed by atoms with E-state index in [0.717, 1.165) is 17.7 Å². The van der Waals surface area contributed by atoms with Crippen molar-refractivity contribution in [1.82, 2.24) is 15.3 Å². The minimum Gasteiger partial charge on any atom is -0.496 e. The summed E-state index contributed by atoms with van der Waals surface area (Å²) in [4.78, 5) is 35.3. The number of H-pyrrole nitrogens is 1. The Bertz CT molecular complexity index is 1170. The number of amides is 1. The first-order chi connectivity index (χ1) is 15.4. The Morgan fingerprint density at radius 1 is 1.16 bits per heavy atom. The van der Waals surface area contributed by atoms with Crippen LogP contribution < -0.4 is 20.5 Å². The molecule has 0 saturated heterocycles. The van der Waals surface area contributed by atoms with Gasteiger partial charge in [0.15, 0.2) is 0 Å². The average molecular weight is 433 g/mol. The lowest BCUT2D eigenvalue weighted by Crippen LogP contribution is -2.46. The van der Waals surface area contributed by atoms with Gasteiger partial charge in [-0.3, -0.25) is 14.6 Å². The number of nitrogens with zero attached hydrogens (tertiary/aromatic N) is 2. The number of hydrogen-bond donors (Lipinski definition) is 2. The van der Waals surface area contributed by atoms with Gasteiger partial charge in [0.05, 0.1) is 18.4 Å². The molecule has 0 bridgehead atoms. The average Bonchev–Trinajstić information content (AvgIpc) is 2.83. The lowest BCUT2D eigenvalue weighted by molar-refractivity contribution is 0.0937. The molecule has 4 rings (SSSR count). The monoisotopic (exact) mass is 432 g/mol. The van der Waals surface area contributed by atoms with Gasteiger partial charge in [0.1, 0.15) is 5.75 Å². The summed E-state index contributed by atoms with van der Waals surface area (Å²) in [6.45, 7) is 0.405. The van der Waals surface area contributed by atoms with Gasteiger partial charge in [0, 0.05) is 31.6 Å². The predicted molar refractivity (Wildman–Crippen MR) is 125 cm³/mol. The fraction of sp³-hybridized carbons (Fsp3) is 0.320. The molecule has 0 fully saturated rings. The highest BCUT2D eigenvalue weighted by atomic mass is 16.5. The van der Waals surface area contributed by atoms with Crippen molar-refractivity contribution in [3.63, 3.8) is 0 Å². The molecule has 1 aromatic heterocycles. The quantitative estimate of drug-likeness (QED) is 0.625. The Morgan fingerprint density at radius 2 is 1.88 bits per heavy atom. The molecular formula is C25H28N4O3. The van der Waals surface area contributed by atoms with Crippen LogP contribution in [0.25, 0.3) is 0 Å². The van der Waals surface area contributed by atoms with Crippen LogP contribution in [0.5, 0.6) is 5.75 Å². The number of para-hydroxylation sites is 1. The highest BCUT2D eigenvalue weighted by Crippen LogP contribution is 2.37. The van der Waals surface area contributed by atoms with E-state index in [1.807, 2.05) is 44.4 Å². The lowest BCUT2D eigenvalue weighted by Gasteiger charge is -2.38. The van der Waals surface area contributed by atoms with Crippen molar-refractivity contribution in [1.29, 1.82) is 0 Å². The topological polar surface area (TPSA) is 87.3 Å². The van der Waals surface area contributed by atoms with E-state index in [4.69, 9.17) is 4.74 Å². The van der Waals surface area contributed by atoms with Crippen LogP contribution in [0, 0.1) is 0 Å². The Labute approximate surface area is 187 Å². The number of aromatic amines is 1. The summed E-state index contributed by atoms with van der Waals surface area (Å²) in [6.07, 6.45) is 1.95. The van der Waals surface area contributed by atoms with Crippen molar-refractivity contribution >= 4 is 11.9 Å². The van der Waals surface area contributed by atoms with E-state index in [0.29, 0.717) is 42.2 Å². The van der Waals surface area contributed by atoms with E-state index in [1.165, 1.54) is 0 Å². The molecule has 1 atom stereocenters. The molecule has 2 aromatic carbocycles. The van der Waals surface area contributed by atoms with Gasteiger partial charge in [-0.15, -0.1) is 0 Å². The third kappa shape index (κ3) is 4.10. The van der Waals surface area contributed by atoms with Crippen molar-refractivity contribution in [2.24, 2.45) is 0 Å². The van der Waals surface area contributed by atoms with Crippen molar-refractivity contribution in [2.45, 2.75) is 24.7 Å². The van der Waals surface area contributed by atoms with Crippen molar-refractivity contribution in [3.8, 4) is 5.75 Å². The summed E-state index contributed by atoms with van der Waals surface area (Å²) in [7, 11) is 5.27. The fourth-order valence-corrected chi connectivity index (χ4v) is 4.38. The van der Waals surface area contributed by atoms with E-state index < -0.39 is 5.41 Å². The summed E-state index contributed by atoms with van der Waals surface area (Å²) in [6, 6.07) is 17.3. The molecule has 166 valence electrons. The third-order valence-corrected chi connectivity index (χ3v) is 6.19. The maximum absolute atomic E-state index is 13.0. The number of nitrogens with one attached hydrogen (secondary N) is 2. The number of ether oxygens (including phenoxy) is 1. The zero-order valence-electron chi connectivity index (χ0n) is 18.6. The Kier molecular flexibility index (Phi) is 5.99. The number of anilines is 1. The molecule has 0 aliphatic heterocycles. The van der Waals surface area contributed by atoms with Crippen LogP contribution in [0.15, 0.2) is 59.4 Å². The molecule has 1 aliphatic rings. The molecule has 7 nitrogen and oxygen atoms in total. The van der Waals surface area contributed by atoms with E-state index in [-0.39, 0.29) is 11.5 Å². The molecule has 1 amide bonds. The predicted octanol–water partition coefficient (Wildman–Crippen LogP) is 2.70. The molecule has 1 heterocycles. The van der Waals surface area contributed by atoms with Crippen LogP contribution in [-0.4, -0.2) is 43.6 Å². The highest BCUT2D eigenvalue weighted by Gasteiger charge is 2.38. The molecule has 3 aromatic rings. The molecule has 1 aliphatic carbocycles. The molecule has 1 unspecified atom stereocenters. The van der Waals surface area contributed by atoms with Crippen LogP contribution in [0.1, 0.15) is 33.6 Å². The van der Waals surface area contributed by atoms with Gasteiger partial charge in [-0.05, 0) is 37.0 Å². The maximum atomic E-state index is 13.0. The van der Waals surface area contributed by atoms with E-state index in [2.05, 4.69) is 27.4 Å². The van der Waals surface area contributed by atoms with Crippen LogP contribution >= 0.6 is 0 Å². The van der Waals surface area contributed by atoms with Crippen LogP contribution in [-0.2, 0) is 18.3 Å². The van der Waals surface area contributed by atoms with E-state index >= 15 is 0 Å². The summed E-state index contributed by atoms with van der Waals surface area (Å²) in [5, 5.41) is 3.10. The van der Waals surface area contributed by atoms with Crippen molar-refractivity contribution in [3.05, 3.63) is 87.3 Å². The number of aromatic nitrogens is 2. The first-order valence-electron chi connectivity index (χ1n) is 10.7. The van der Waals surface area contributed by atoms with E-state index in [1.54, 1.807) is 24.1 Å². The number of hydrogen-bond acceptors (Lipinski definition) is 5. The summed E-state index contributed by atoms with van der Waals surface area (Å²) < 4.78 is 5.34. The number of benzene rings is 2. The number of aryl methyl sites for hydroxylation is 1. The molecule has 2 N–H and O–H groups in total. The van der Waals surface area contributed by atoms with Gasteiger partial charge in [-0.25, -0.2) is 4.98 Å². The highest BCUT2D eigenvalue weighted by molar-refractivity contribution is 5.97. The second-order valence-corrected chi connectivity index (χ2v) is 8.42. The smallest absolute Gasteiger partial charge is 0.255 e. The van der Waals surface area contributed by atoms with Gasteiger partial charge in [-0.2, -0.15) is 0 Å². The largest absolute Gasteiger partial charge is 0.496 e. The van der Waals surface area contributed by atoms with Crippen LogP contribution in [0.2, 0.25) is 0 Å². The minimum atomic E-state index is -0.403. The van der Waals surface area contributed by atoms with Crippen molar-refractivity contribution in [2.75, 3.05) is 32.6 Å². The number of methoxy groups -OCH3 is 1. The van der Waals surface area contributed by atoms with Crippen LogP contribution in [0.3, 0.4) is 0 Å². The second-order valence-electron chi connectivity index (χ2n) is 8.42. The molecule has 7 heteroatoms. The Hall–Kier alpha value is -3.61. The van der Waals surface area contributed by atoms with Crippen LogP contribution in [0.4, 0.5) is 5.95 Å². The zero-order valence-corrected chi connectivity index (χ0v) is 18.6. The van der Waals surface area contributed by atoms with E-state index in [9.17, 15) is 9.59 Å². The van der Waals surface area contributed by atoms with Gasteiger partial charge in [0.2, 0.25) is 5.95 Å². The normalized spacial score (nSPS) is 17.3. The SMILES string of the molecule is COc1ccccc1C(=O)NCC1(c2ccccc2)CCc2nc(N(C)C)[nH]c(=O)c2C1. The van der Waals surface area contributed by atoms with Gasteiger partial charge in [-0.1, -0.05) is 42.5 Å². The molecular weight excluding hydrogens is 404 g/mol. The summed E-state index contributed by atoms with van der Waals surface area (Å²) in [5.41, 5.74) is 2.60. The minimum absolute atomic E-state index is 0.116. The van der Waals surface area contributed by atoms with Gasteiger partial charge >= 0.3 is 0 Å². The second kappa shape index (κ2) is 8.86. The number of carbonyl (C=O) groups is 1. The Morgan fingerprint density at radius 3 is 2.59 bits per heavy atom. The maximum Gasteiger partial charge on any atom is 0.255 e. The number of carbonyl (C=O) groups excluding carboxylic acids is 1. The Balaban J connectivity index is 1.67. The fourth-order valence-electron chi connectivity index (χ4n) is 4.38. The first-order valence-corrected chi connectivity index (χ1v) is 10.7. The number of rotatable bonds is 6. The molecule has 32 heavy (non-hydrogen) atoms.